The molecule has 1 aromatic carbocycles. The van der Waals surface area contributed by atoms with E-state index in [4.69, 9.17) is 5.11 Å². The second-order valence-corrected chi connectivity index (χ2v) is 6.28. The summed E-state index contributed by atoms with van der Waals surface area (Å²) in [6, 6.07) is 8.00. The first-order valence-electron chi connectivity index (χ1n) is 8.49. The summed E-state index contributed by atoms with van der Waals surface area (Å²) >= 11 is 0. The number of halogens is 1. The minimum atomic E-state index is -1.15. The number of likely N-dealkylation sites (tertiary alicyclic amines) is 1. The van der Waals surface area contributed by atoms with Gasteiger partial charge < -0.3 is 15.3 Å². The number of benzene rings is 1. The van der Waals surface area contributed by atoms with Crippen LogP contribution in [0, 0.1) is 5.82 Å². The van der Waals surface area contributed by atoms with Gasteiger partial charge in [-0.1, -0.05) is 0 Å². The lowest BCUT2D eigenvalue weighted by molar-refractivity contribution is 0.0676. The number of aromatic nitrogens is 1. The molecule has 8 heteroatoms. The van der Waals surface area contributed by atoms with Crippen molar-refractivity contribution in [3.05, 3.63) is 65.2 Å². The average molecular weight is 371 g/mol. The number of hydrogen-bond acceptors (Lipinski definition) is 4. The quantitative estimate of drug-likeness (QED) is 0.856. The molecule has 2 heterocycles. The highest BCUT2D eigenvalue weighted by Crippen LogP contribution is 2.15. The van der Waals surface area contributed by atoms with Crippen molar-refractivity contribution in [2.45, 2.75) is 18.9 Å². The predicted molar refractivity (Wildman–Crippen MR) is 94.0 cm³/mol. The van der Waals surface area contributed by atoms with Crippen LogP contribution in [0.2, 0.25) is 0 Å². The first-order chi connectivity index (χ1) is 12.9. The molecule has 0 unspecified atom stereocenters. The van der Waals surface area contributed by atoms with Gasteiger partial charge in [-0.25, -0.2) is 14.2 Å². The molecule has 0 aliphatic carbocycles. The fourth-order valence-electron chi connectivity index (χ4n) is 2.93. The number of piperidine rings is 1. The fraction of sp³-hybridized carbons (Fsp3) is 0.263. The molecule has 0 atom stereocenters. The van der Waals surface area contributed by atoms with Gasteiger partial charge in [0.15, 0.2) is 0 Å². The Morgan fingerprint density at radius 2 is 1.67 bits per heavy atom. The van der Waals surface area contributed by atoms with Gasteiger partial charge in [-0.2, -0.15) is 0 Å². The second-order valence-electron chi connectivity index (χ2n) is 6.28. The maximum absolute atomic E-state index is 12.9. The van der Waals surface area contributed by atoms with Gasteiger partial charge in [0.25, 0.3) is 11.8 Å². The van der Waals surface area contributed by atoms with Crippen LogP contribution < -0.4 is 5.32 Å². The second kappa shape index (κ2) is 7.94. The van der Waals surface area contributed by atoms with Crippen LogP contribution in [0.5, 0.6) is 0 Å². The van der Waals surface area contributed by atoms with E-state index in [0.717, 1.165) is 0 Å². The number of carboxylic acids is 1. The SMILES string of the molecule is O=C(NC1CCN(C(=O)c2ccc(C(=O)O)nc2)CC1)c1ccc(F)cc1. The van der Waals surface area contributed by atoms with E-state index >= 15 is 0 Å². The maximum Gasteiger partial charge on any atom is 0.354 e. The lowest BCUT2D eigenvalue weighted by Crippen LogP contribution is -2.46. The minimum Gasteiger partial charge on any atom is -0.477 e. The van der Waals surface area contributed by atoms with E-state index in [0.29, 0.717) is 37.1 Å². The Morgan fingerprint density at radius 1 is 1.04 bits per heavy atom. The van der Waals surface area contributed by atoms with Crippen LogP contribution in [-0.4, -0.2) is 51.9 Å². The largest absolute Gasteiger partial charge is 0.477 e. The van der Waals surface area contributed by atoms with Crippen molar-refractivity contribution in [2.24, 2.45) is 0 Å². The summed E-state index contributed by atoms with van der Waals surface area (Å²) in [5, 5.41) is 11.7. The van der Waals surface area contributed by atoms with Gasteiger partial charge >= 0.3 is 5.97 Å². The van der Waals surface area contributed by atoms with E-state index in [1.54, 1.807) is 4.90 Å². The molecule has 0 bridgehead atoms. The summed E-state index contributed by atoms with van der Waals surface area (Å²) in [6.07, 6.45) is 2.45. The van der Waals surface area contributed by atoms with Crippen molar-refractivity contribution in [3.63, 3.8) is 0 Å². The third-order valence-corrected chi connectivity index (χ3v) is 4.45. The fourth-order valence-corrected chi connectivity index (χ4v) is 2.93. The van der Waals surface area contributed by atoms with E-state index in [-0.39, 0.29) is 23.6 Å². The van der Waals surface area contributed by atoms with Crippen molar-refractivity contribution in [3.8, 4) is 0 Å². The van der Waals surface area contributed by atoms with Crippen molar-refractivity contribution < 1.29 is 23.9 Å². The molecule has 140 valence electrons. The molecule has 0 spiro atoms. The predicted octanol–water partition coefficient (Wildman–Crippen LogP) is 1.95. The molecule has 27 heavy (non-hydrogen) atoms. The molecule has 2 N–H and O–H groups in total. The van der Waals surface area contributed by atoms with Gasteiger partial charge in [0.05, 0.1) is 5.56 Å². The molecule has 3 rings (SSSR count). The van der Waals surface area contributed by atoms with Crippen molar-refractivity contribution >= 4 is 17.8 Å². The van der Waals surface area contributed by atoms with E-state index < -0.39 is 11.8 Å². The summed E-state index contributed by atoms with van der Waals surface area (Å²) in [5.41, 5.74) is 0.599. The van der Waals surface area contributed by atoms with Crippen LogP contribution in [0.4, 0.5) is 4.39 Å². The zero-order valence-electron chi connectivity index (χ0n) is 14.4. The molecular formula is C19H18FN3O4. The zero-order valence-corrected chi connectivity index (χ0v) is 14.4. The molecule has 1 aromatic heterocycles. The summed E-state index contributed by atoms with van der Waals surface area (Å²) in [4.78, 5) is 40.9. The molecule has 0 radical (unpaired) electrons. The molecule has 1 saturated heterocycles. The van der Waals surface area contributed by atoms with Gasteiger partial charge in [0, 0.05) is 30.9 Å². The number of amides is 2. The lowest BCUT2D eigenvalue weighted by atomic mass is 10.0. The van der Waals surface area contributed by atoms with E-state index in [1.165, 1.54) is 42.6 Å². The highest BCUT2D eigenvalue weighted by molar-refractivity contribution is 5.95. The topological polar surface area (TPSA) is 99.6 Å². The average Bonchev–Trinajstić information content (AvgIpc) is 2.68. The minimum absolute atomic E-state index is 0.0703. The van der Waals surface area contributed by atoms with E-state index in [9.17, 15) is 18.8 Å². The first-order valence-corrected chi connectivity index (χ1v) is 8.49. The molecule has 1 fully saturated rings. The summed E-state index contributed by atoms with van der Waals surface area (Å²) in [7, 11) is 0. The number of hydrogen-bond donors (Lipinski definition) is 2. The Morgan fingerprint density at radius 3 is 2.22 bits per heavy atom. The van der Waals surface area contributed by atoms with Crippen molar-refractivity contribution in [1.82, 2.24) is 15.2 Å². The Labute approximate surface area is 154 Å². The highest BCUT2D eigenvalue weighted by Gasteiger charge is 2.25. The van der Waals surface area contributed by atoms with E-state index in [1.807, 2.05) is 0 Å². The molecule has 0 saturated carbocycles. The lowest BCUT2D eigenvalue weighted by Gasteiger charge is -2.32. The van der Waals surface area contributed by atoms with Crippen molar-refractivity contribution in [1.29, 1.82) is 0 Å². The number of nitrogens with one attached hydrogen (secondary N) is 1. The standard InChI is InChI=1S/C19H18FN3O4/c20-14-4-1-12(2-5-14)17(24)22-15-7-9-23(10-8-15)18(25)13-3-6-16(19(26)27)21-11-13/h1-6,11,15H,7-10H2,(H,22,24)(H,26,27). The summed E-state index contributed by atoms with van der Waals surface area (Å²) < 4.78 is 12.9. The number of carbonyl (C=O) groups is 3. The monoisotopic (exact) mass is 371 g/mol. The van der Waals surface area contributed by atoms with Crippen LogP contribution in [0.25, 0.3) is 0 Å². The van der Waals surface area contributed by atoms with Gasteiger partial charge in [-0.3, -0.25) is 9.59 Å². The number of pyridine rings is 1. The highest BCUT2D eigenvalue weighted by atomic mass is 19.1. The molecule has 1 aliphatic rings. The Kier molecular flexibility index (Phi) is 5.44. The number of aromatic carboxylic acids is 1. The van der Waals surface area contributed by atoms with Crippen LogP contribution >= 0.6 is 0 Å². The molecule has 7 nitrogen and oxygen atoms in total. The maximum atomic E-state index is 12.9. The summed E-state index contributed by atoms with van der Waals surface area (Å²) in [5.74, 6) is -2.04. The zero-order chi connectivity index (χ0) is 19.4. The molecular weight excluding hydrogens is 353 g/mol. The number of carbonyl (C=O) groups excluding carboxylic acids is 2. The molecule has 2 amide bonds. The van der Waals surface area contributed by atoms with Crippen LogP contribution in [0.1, 0.15) is 44.0 Å². The van der Waals surface area contributed by atoms with Crippen LogP contribution in [0.15, 0.2) is 42.6 Å². The normalized spacial score (nSPS) is 14.6. The molecule has 2 aromatic rings. The Hall–Kier alpha value is -3.29. The number of nitrogens with zero attached hydrogens (tertiary/aromatic N) is 2. The van der Waals surface area contributed by atoms with Gasteiger partial charge in [-0.05, 0) is 49.2 Å². The van der Waals surface area contributed by atoms with Crippen LogP contribution in [0.3, 0.4) is 0 Å². The van der Waals surface area contributed by atoms with Gasteiger partial charge in [0.1, 0.15) is 11.5 Å². The van der Waals surface area contributed by atoms with Gasteiger partial charge in [-0.15, -0.1) is 0 Å². The third kappa shape index (κ3) is 4.46. The van der Waals surface area contributed by atoms with Crippen molar-refractivity contribution in [2.75, 3.05) is 13.1 Å². The smallest absolute Gasteiger partial charge is 0.354 e. The first kappa shape index (κ1) is 18.5. The molecule has 1 aliphatic heterocycles. The Balaban J connectivity index is 1.53. The number of rotatable bonds is 4. The van der Waals surface area contributed by atoms with Gasteiger partial charge in [0.2, 0.25) is 0 Å². The van der Waals surface area contributed by atoms with Crippen LogP contribution in [-0.2, 0) is 0 Å². The summed E-state index contributed by atoms with van der Waals surface area (Å²) in [6.45, 7) is 0.932. The third-order valence-electron chi connectivity index (χ3n) is 4.45. The number of carboxylic acid groups (broad SMARTS) is 1. The Bertz CT molecular complexity index is 844. The van der Waals surface area contributed by atoms with E-state index in [2.05, 4.69) is 10.3 Å².